The number of benzene rings is 3. The first-order valence-electron chi connectivity index (χ1n) is 10.0. The lowest BCUT2D eigenvalue weighted by molar-refractivity contribution is -0.384. The van der Waals surface area contributed by atoms with Crippen LogP contribution in [-0.4, -0.2) is 16.7 Å². The molecule has 0 radical (unpaired) electrons. The maximum absolute atomic E-state index is 13.8. The average molecular weight is 554 g/mol. The Morgan fingerprint density at radius 2 is 1.09 bits per heavy atom. The molecular weight excluding hydrogens is 540 g/mol. The first-order valence-corrected chi connectivity index (χ1v) is 11.6. The van der Waals surface area contributed by atoms with Gasteiger partial charge in [-0.2, -0.15) is 0 Å². The third-order valence-electron chi connectivity index (χ3n) is 6.90. The van der Waals surface area contributed by atoms with Gasteiger partial charge in [0.25, 0.3) is 5.69 Å². The molecule has 2 atom stereocenters. The average Bonchev–Trinajstić information content (AvgIpc) is 3.08. The van der Waals surface area contributed by atoms with E-state index < -0.39 is 25.4 Å². The molecule has 1 fully saturated rings. The summed E-state index contributed by atoms with van der Waals surface area (Å²) in [7, 11) is 0. The number of nitrogens with zero attached hydrogens (tertiary/aromatic N) is 2. The van der Waals surface area contributed by atoms with Crippen LogP contribution in [0.5, 0.6) is 0 Å². The molecule has 3 aliphatic carbocycles. The summed E-state index contributed by atoms with van der Waals surface area (Å²) in [6.07, 6.45) is 0. The number of anilines is 1. The van der Waals surface area contributed by atoms with Gasteiger partial charge in [0.1, 0.15) is 0 Å². The van der Waals surface area contributed by atoms with E-state index in [2.05, 4.69) is 31.9 Å². The Bertz CT molecular complexity index is 1230. The lowest BCUT2D eigenvalue weighted by atomic mass is 9.54. The van der Waals surface area contributed by atoms with Crippen LogP contribution in [0.25, 0.3) is 0 Å². The molecule has 3 aromatic rings. The number of non-ortho nitro benzene ring substituents is 1. The minimum atomic E-state index is -0.858. The molecule has 3 aromatic carbocycles. The quantitative estimate of drug-likeness (QED) is 0.193. The van der Waals surface area contributed by atoms with E-state index in [-0.39, 0.29) is 17.5 Å². The van der Waals surface area contributed by atoms with E-state index in [9.17, 15) is 19.7 Å². The van der Waals surface area contributed by atoms with Crippen molar-refractivity contribution in [3.8, 4) is 0 Å². The zero-order valence-corrected chi connectivity index (χ0v) is 19.5. The van der Waals surface area contributed by atoms with Gasteiger partial charge in [-0.25, -0.2) is 4.90 Å². The molecule has 2 amide bonds. The molecule has 1 saturated heterocycles. The first-order chi connectivity index (χ1) is 15.3. The van der Waals surface area contributed by atoms with E-state index >= 15 is 0 Å². The lowest BCUT2D eigenvalue weighted by Gasteiger charge is -2.55. The summed E-state index contributed by atoms with van der Waals surface area (Å²) in [6.45, 7) is 0. The lowest BCUT2D eigenvalue weighted by Crippen LogP contribution is -2.56. The van der Waals surface area contributed by atoms with E-state index in [1.54, 1.807) is 0 Å². The number of hydrogen-bond donors (Lipinski definition) is 0. The number of amides is 2. The smallest absolute Gasteiger partial charge is 0.269 e. The summed E-state index contributed by atoms with van der Waals surface area (Å²) in [5, 5.41) is 11.0. The molecule has 4 aliphatic rings. The fourth-order valence-electron chi connectivity index (χ4n) is 5.65. The number of imide groups is 1. The minimum Gasteiger partial charge on any atom is -0.274 e. The second kappa shape index (κ2) is 6.36. The molecule has 0 N–H and O–H groups in total. The molecule has 32 heavy (non-hydrogen) atoms. The number of carbonyl (C=O) groups is 2. The van der Waals surface area contributed by atoms with Crippen LogP contribution in [0.15, 0.2) is 72.8 Å². The topological polar surface area (TPSA) is 80.5 Å². The summed E-state index contributed by atoms with van der Waals surface area (Å²) >= 11 is 7.90. The summed E-state index contributed by atoms with van der Waals surface area (Å²) in [5.74, 6) is -1.99. The van der Waals surface area contributed by atoms with Gasteiger partial charge in [0.2, 0.25) is 11.8 Å². The van der Waals surface area contributed by atoms with Gasteiger partial charge < -0.3 is 0 Å². The number of rotatable bonds is 2. The van der Waals surface area contributed by atoms with Crippen molar-refractivity contribution in [1.82, 2.24) is 0 Å². The van der Waals surface area contributed by atoms with E-state index in [1.807, 2.05) is 48.5 Å². The Labute approximate surface area is 199 Å². The van der Waals surface area contributed by atoms with E-state index in [0.717, 1.165) is 22.3 Å². The van der Waals surface area contributed by atoms with E-state index in [0.29, 0.717) is 5.69 Å². The summed E-state index contributed by atoms with van der Waals surface area (Å²) in [6, 6.07) is 21.3. The second-order valence-corrected chi connectivity index (χ2v) is 10.8. The maximum atomic E-state index is 13.8. The Balaban J connectivity index is 1.60. The summed E-state index contributed by atoms with van der Waals surface area (Å²) in [4.78, 5) is 39.4. The van der Waals surface area contributed by atoms with Gasteiger partial charge in [-0.05, 0) is 34.4 Å². The van der Waals surface area contributed by atoms with Gasteiger partial charge >= 0.3 is 0 Å². The third kappa shape index (κ3) is 2.14. The molecule has 0 aromatic heterocycles. The van der Waals surface area contributed by atoms with Crippen LogP contribution in [0.1, 0.15) is 22.3 Å². The van der Waals surface area contributed by atoms with Crippen molar-refractivity contribution in [2.45, 2.75) is 8.65 Å². The molecule has 0 unspecified atom stereocenters. The fourth-order valence-corrected chi connectivity index (χ4v) is 7.95. The van der Waals surface area contributed by atoms with Crippen LogP contribution in [0.3, 0.4) is 0 Å². The number of nitro benzene ring substituents is 1. The Hall–Kier alpha value is -2.84. The SMILES string of the molecule is O=C1[C@H]2[C@H](C(=O)N1c1ccc([N+](=O)[O-])cc1)C1(Br)c3ccccc3C2(Br)c2ccccc21. The van der Waals surface area contributed by atoms with Gasteiger partial charge in [0.05, 0.1) is 31.1 Å². The van der Waals surface area contributed by atoms with Gasteiger partial charge in [-0.15, -0.1) is 0 Å². The number of nitro groups is 1. The van der Waals surface area contributed by atoms with Crippen molar-refractivity contribution in [2.75, 3.05) is 4.90 Å². The molecule has 1 heterocycles. The highest BCUT2D eigenvalue weighted by molar-refractivity contribution is 9.10. The van der Waals surface area contributed by atoms with Crippen molar-refractivity contribution < 1.29 is 14.5 Å². The highest BCUT2D eigenvalue weighted by Crippen LogP contribution is 2.70. The van der Waals surface area contributed by atoms with E-state index in [4.69, 9.17) is 0 Å². The van der Waals surface area contributed by atoms with Crippen LogP contribution in [0, 0.1) is 22.0 Å². The van der Waals surface area contributed by atoms with Crippen LogP contribution in [0.4, 0.5) is 11.4 Å². The van der Waals surface area contributed by atoms with Crippen LogP contribution in [-0.2, 0) is 18.2 Å². The zero-order chi connectivity index (χ0) is 22.4. The molecule has 6 nitrogen and oxygen atoms in total. The number of carbonyl (C=O) groups excluding carboxylic acids is 2. The molecule has 0 spiro atoms. The Morgan fingerprint density at radius 3 is 1.44 bits per heavy atom. The van der Waals surface area contributed by atoms with Gasteiger partial charge in [-0.1, -0.05) is 80.4 Å². The number of alkyl halides is 2. The molecule has 158 valence electrons. The Kier molecular flexibility index (Phi) is 3.94. The number of hydrogen-bond acceptors (Lipinski definition) is 4. The molecule has 1 aliphatic heterocycles. The monoisotopic (exact) mass is 552 g/mol. The summed E-state index contributed by atoms with van der Waals surface area (Å²) < 4.78 is -1.72. The zero-order valence-electron chi connectivity index (χ0n) is 16.4. The molecule has 7 rings (SSSR count). The standard InChI is InChI=1S/C24H14Br2N2O4/c25-23-15-5-1-2-6-16(15)24(26,18-8-4-3-7-17(18)23)20-19(23)21(29)27(22(20)30)13-9-11-14(12-10-13)28(31)32/h1-12,19-20H/t19-,20-,23?,24?/m1/s1. The van der Waals surface area contributed by atoms with Crippen molar-refractivity contribution in [2.24, 2.45) is 11.8 Å². The predicted molar refractivity (Wildman–Crippen MR) is 125 cm³/mol. The van der Waals surface area contributed by atoms with Crippen LogP contribution < -0.4 is 4.90 Å². The minimum absolute atomic E-state index is 0.0981. The van der Waals surface area contributed by atoms with Crippen molar-refractivity contribution in [3.05, 3.63) is 105 Å². The maximum Gasteiger partial charge on any atom is 0.269 e. The van der Waals surface area contributed by atoms with Gasteiger partial charge in [-0.3, -0.25) is 19.7 Å². The largest absolute Gasteiger partial charge is 0.274 e. The third-order valence-corrected chi connectivity index (χ3v) is 9.60. The highest BCUT2D eigenvalue weighted by atomic mass is 79.9. The molecular formula is C24H14Br2N2O4. The highest BCUT2D eigenvalue weighted by Gasteiger charge is 2.72. The Morgan fingerprint density at radius 1 is 0.719 bits per heavy atom. The van der Waals surface area contributed by atoms with Crippen molar-refractivity contribution >= 4 is 55.0 Å². The first kappa shape index (κ1) is 19.8. The van der Waals surface area contributed by atoms with Crippen LogP contribution in [0.2, 0.25) is 0 Å². The fraction of sp³-hybridized carbons (Fsp3) is 0.167. The second-order valence-electron chi connectivity index (χ2n) is 8.26. The van der Waals surface area contributed by atoms with Crippen LogP contribution >= 0.6 is 31.9 Å². The molecule has 2 bridgehead atoms. The summed E-state index contributed by atoms with van der Waals surface area (Å²) in [5.41, 5.74) is 4.08. The normalized spacial score (nSPS) is 29.5. The molecule has 0 saturated carbocycles. The van der Waals surface area contributed by atoms with Crippen molar-refractivity contribution in [3.63, 3.8) is 0 Å². The van der Waals surface area contributed by atoms with E-state index in [1.165, 1.54) is 29.2 Å². The predicted octanol–water partition coefficient (Wildman–Crippen LogP) is 5.00. The van der Waals surface area contributed by atoms with Crippen molar-refractivity contribution in [1.29, 1.82) is 0 Å². The molecule has 8 heteroatoms. The van der Waals surface area contributed by atoms with Gasteiger partial charge in [0, 0.05) is 12.1 Å². The number of halogens is 2. The van der Waals surface area contributed by atoms with Gasteiger partial charge in [0.15, 0.2) is 0 Å².